The van der Waals surface area contributed by atoms with Gasteiger partial charge in [0.15, 0.2) is 11.5 Å². The normalized spacial score (nSPS) is 28.3. The summed E-state index contributed by atoms with van der Waals surface area (Å²) in [5.74, 6) is 2.77. The third-order valence-electron chi connectivity index (χ3n) is 3.86. The average molecular weight is 365 g/mol. The van der Waals surface area contributed by atoms with Crippen LogP contribution in [0.1, 0.15) is 24.8 Å². The van der Waals surface area contributed by atoms with Gasteiger partial charge in [0, 0.05) is 39.0 Å². The van der Waals surface area contributed by atoms with Gasteiger partial charge in [-0.05, 0) is 37.0 Å². The molecule has 0 N–H and O–H groups in total. The second-order valence-corrected chi connectivity index (χ2v) is 9.30. The fourth-order valence-corrected chi connectivity index (χ4v) is 7.40. The Morgan fingerprint density at radius 1 is 1.14 bits per heavy atom. The van der Waals surface area contributed by atoms with E-state index in [2.05, 4.69) is 0 Å². The minimum atomic E-state index is -1.19. The number of rotatable bonds is 6. The first-order chi connectivity index (χ1) is 10.6. The molecule has 2 unspecified atom stereocenters. The lowest BCUT2D eigenvalue weighted by Gasteiger charge is -2.36. The van der Waals surface area contributed by atoms with Crippen LogP contribution in [-0.2, 0) is 25.7 Å². The van der Waals surface area contributed by atoms with E-state index in [4.69, 9.17) is 21.1 Å². The molecular formula is C15H21ClO4S2. The molecule has 0 saturated carbocycles. The van der Waals surface area contributed by atoms with Crippen molar-refractivity contribution in [2.24, 2.45) is 0 Å². The van der Waals surface area contributed by atoms with Gasteiger partial charge in [-0.1, -0.05) is 6.07 Å². The Labute approximate surface area is 141 Å². The first-order valence-corrected chi connectivity index (χ1v) is 10.3. The van der Waals surface area contributed by atoms with Crippen molar-refractivity contribution in [3.63, 3.8) is 0 Å². The Morgan fingerprint density at radius 3 is 2.32 bits per heavy atom. The molecule has 0 bridgehead atoms. The summed E-state index contributed by atoms with van der Waals surface area (Å²) in [4.78, 5) is 0. The van der Waals surface area contributed by atoms with Gasteiger partial charge in [-0.25, -0.2) is 0 Å². The molecule has 7 heteroatoms. The van der Waals surface area contributed by atoms with E-state index in [1.165, 1.54) is 0 Å². The molecule has 1 fully saturated rings. The minimum absolute atomic E-state index is 0.462. The van der Waals surface area contributed by atoms with Gasteiger partial charge >= 0.3 is 0 Å². The molecule has 1 aliphatic rings. The molecule has 1 saturated heterocycles. The highest BCUT2D eigenvalue weighted by molar-refractivity contribution is 8.04. The molecule has 1 aliphatic heterocycles. The van der Waals surface area contributed by atoms with Crippen LogP contribution in [0, 0.1) is 0 Å². The van der Waals surface area contributed by atoms with Crippen LogP contribution in [0.4, 0.5) is 0 Å². The molecule has 0 spiro atoms. The van der Waals surface area contributed by atoms with Gasteiger partial charge in [-0.3, -0.25) is 8.42 Å². The Hall–Kier alpha value is -0.590. The van der Waals surface area contributed by atoms with E-state index < -0.39 is 25.7 Å². The smallest absolute Gasteiger partial charge is 0.161 e. The predicted molar refractivity (Wildman–Crippen MR) is 91.8 cm³/mol. The number of methoxy groups -OCH3 is 2. The van der Waals surface area contributed by atoms with Crippen molar-refractivity contribution < 1.29 is 17.9 Å². The molecule has 1 aromatic rings. The predicted octanol–water partition coefficient (Wildman–Crippen LogP) is 2.78. The molecule has 1 heterocycles. The van der Waals surface area contributed by atoms with Gasteiger partial charge in [0.1, 0.15) is 4.08 Å². The van der Waals surface area contributed by atoms with E-state index in [0.29, 0.717) is 41.7 Å². The number of hydrogen-bond acceptors (Lipinski definition) is 4. The Bertz CT molecular complexity index is 561. The molecule has 0 amide bonds. The van der Waals surface area contributed by atoms with Crippen LogP contribution < -0.4 is 9.47 Å². The SMILES string of the molecule is COc1ccc(C2(CCCCl)S(=O)CCCS2=O)cc1OC. The van der Waals surface area contributed by atoms with E-state index in [1.54, 1.807) is 26.4 Å². The zero-order valence-corrected chi connectivity index (χ0v) is 15.2. The third kappa shape index (κ3) is 3.19. The molecule has 2 atom stereocenters. The average Bonchev–Trinajstić information content (AvgIpc) is 2.54. The summed E-state index contributed by atoms with van der Waals surface area (Å²) >= 11 is 5.83. The molecule has 1 aromatic carbocycles. The number of halogens is 1. The molecule has 0 aromatic heterocycles. The number of benzene rings is 1. The molecule has 124 valence electrons. The van der Waals surface area contributed by atoms with E-state index >= 15 is 0 Å². The summed E-state index contributed by atoms with van der Waals surface area (Å²) in [5.41, 5.74) is 0.784. The van der Waals surface area contributed by atoms with Gasteiger partial charge in [0.2, 0.25) is 0 Å². The minimum Gasteiger partial charge on any atom is -0.493 e. The van der Waals surface area contributed by atoms with Crippen LogP contribution in [0.3, 0.4) is 0 Å². The van der Waals surface area contributed by atoms with Gasteiger partial charge in [0.05, 0.1) is 14.2 Å². The van der Waals surface area contributed by atoms with Gasteiger partial charge < -0.3 is 9.47 Å². The van der Waals surface area contributed by atoms with Crippen molar-refractivity contribution >= 4 is 33.2 Å². The zero-order chi connectivity index (χ0) is 16.2. The quantitative estimate of drug-likeness (QED) is 0.728. The summed E-state index contributed by atoms with van der Waals surface area (Å²) in [6, 6.07) is 5.42. The van der Waals surface area contributed by atoms with Crippen LogP contribution in [0.5, 0.6) is 11.5 Å². The van der Waals surface area contributed by atoms with Crippen LogP contribution in [0.2, 0.25) is 0 Å². The maximum Gasteiger partial charge on any atom is 0.161 e. The lowest BCUT2D eigenvalue weighted by molar-refractivity contribution is 0.354. The summed E-state index contributed by atoms with van der Waals surface area (Å²) in [6.07, 6.45) is 1.95. The molecule has 2 rings (SSSR count). The summed E-state index contributed by atoms with van der Waals surface area (Å²) in [5, 5.41) is 0. The Morgan fingerprint density at radius 2 is 1.77 bits per heavy atom. The van der Waals surface area contributed by atoms with Gasteiger partial charge in [-0.2, -0.15) is 0 Å². The first kappa shape index (κ1) is 17.8. The lowest BCUT2D eigenvalue weighted by Crippen LogP contribution is -2.42. The standard InChI is InChI=1S/C15H21ClO4S2/c1-19-13-6-5-12(11-14(13)20-2)15(7-3-8-16)21(17)9-4-10-22(15)18/h5-6,11H,3-4,7-10H2,1-2H3. The summed E-state index contributed by atoms with van der Waals surface area (Å²) in [7, 11) is 0.738. The van der Waals surface area contributed by atoms with E-state index in [0.717, 1.165) is 12.0 Å². The highest BCUT2D eigenvalue weighted by Crippen LogP contribution is 2.43. The Kier molecular flexibility index (Phi) is 6.29. The highest BCUT2D eigenvalue weighted by atomic mass is 35.5. The molecule has 4 nitrogen and oxygen atoms in total. The van der Waals surface area contributed by atoms with Crippen LogP contribution in [0.25, 0.3) is 0 Å². The van der Waals surface area contributed by atoms with Crippen molar-refractivity contribution in [3.05, 3.63) is 23.8 Å². The van der Waals surface area contributed by atoms with Gasteiger partial charge in [0.25, 0.3) is 0 Å². The summed E-state index contributed by atoms with van der Waals surface area (Å²) < 4.78 is 35.3. The highest BCUT2D eigenvalue weighted by Gasteiger charge is 2.46. The molecule has 0 radical (unpaired) electrons. The second-order valence-electron chi connectivity index (χ2n) is 5.07. The van der Waals surface area contributed by atoms with Crippen LogP contribution in [0.15, 0.2) is 18.2 Å². The molecular weight excluding hydrogens is 344 g/mol. The topological polar surface area (TPSA) is 52.6 Å². The van der Waals surface area contributed by atoms with E-state index in [1.807, 2.05) is 6.07 Å². The van der Waals surface area contributed by atoms with E-state index in [9.17, 15) is 8.42 Å². The van der Waals surface area contributed by atoms with Crippen molar-refractivity contribution in [3.8, 4) is 11.5 Å². The third-order valence-corrected chi connectivity index (χ3v) is 8.91. The van der Waals surface area contributed by atoms with Crippen LogP contribution >= 0.6 is 11.6 Å². The lowest BCUT2D eigenvalue weighted by atomic mass is 10.1. The fourth-order valence-electron chi connectivity index (χ4n) is 2.76. The van der Waals surface area contributed by atoms with Crippen molar-refractivity contribution in [2.75, 3.05) is 31.6 Å². The fraction of sp³-hybridized carbons (Fsp3) is 0.600. The first-order valence-electron chi connectivity index (χ1n) is 7.15. The zero-order valence-electron chi connectivity index (χ0n) is 12.8. The number of alkyl halides is 1. The summed E-state index contributed by atoms with van der Waals surface area (Å²) in [6.45, 7) is 0. The second kappa shape index (κ2) is 7.79. The number of hydrogen-bond donors (Lipinski definition) is 0. The van der Waals surface area contributed by atoms with Gasteiger partial charge in [-0.15, -0.1) is 11.6 Å². The maximum atomic E-state index is 12.8. The maximum absolute atomic E-state index is 12.8. The Balaban J connectivity index is 2.53. The monoisotopic (exact) mass is 364 g/mol. The molecule has 0 aliphatic carbocycles. The van der Waals surface area contributed by atoms with E-state index in [-0.39, 0.29) is 0 Å². The van der Waals surface area contributed by atoms with Crippen molar-refractivity contribution in [2.45, 2.75) is 23.3 Å². The van der Waals surface area contributed by atoms with Crippen molar-refractivity contribution in [1.29, 1.82) is 0 Å². The molecule has 22 heavy (non-hydrogen) atoms. The van der Waals surface area contributed by atoms with Crippen LogP contribution in [-0.4, -0.2) is 40.0 Å². The number of ether oxygens (including phenoxy) is 2. The van der Waals surface area contributed by atoms with Crippen molar-refractivity contribution in [1.82, 2.24) is 0 Å². The largest absolute Gasteiger partial charge is 0.493 e.